The van der Waals surface area contributed by atoms with Gasteiger partial charge in [-0.3, -0.25) is 0 Å². The van der Waals surface area contributed by atoms with Gasteiger partial charge in [-0.25, -0.2) is 10.8 Å². The van der Waals surface area contributed by atoms with Gasteiger partial charge in [0.05, 0.1) is 13.7 Å². The minimum absolute atomic E-state index is 0.416. The highest BCUT2D eigenvalue weighted by Gasteiger charge is 2.12. The van der Waals surface area contributed by atoms with Gasteiger partial charge in [-0.15, -0.1) is 0 Å². The van der Waals surface area contributed by atoms with E-state index in [1.165, 1.54) is 13.4 Å². The number of nitrogen functional groups attached to an aromatic ring is 1. The summed E-state index contributed by atoms with van der Waals surface area (Å²) in [6.07, 6.45) is 3.49. The number of hydrazine groups is 1. The van der Waals surface area contributed by atoms with E-state index < -0.39 is 0 Å². The van der Waals surface area contributed by atoms with Crippen LogP contribution >= 0.6 is 0 Å². The lowest BCUT2D eigenvalue weighted by Gasteiger charge is -2.12. The molecule has 0 saturated heterocycles. The van der Waals surface area contributed by atoms with Crippen LogP contribution in [0.1, 0.15) is 26.7 Å². The normalized spacial score (nSPS) is 10.4. The second kappa shape index (κ2) is 6.90. The lowest BCUT2D eigenvalue weighted by atomic mass is 10.1. The molecule has 0 aliphatic heterocycles. The summed E-state index contributed by atoms with van der Waals surface area (Å²) in [5.41, 5.74) is 2.44. The van der Waals surface area contributed by atoms with Crippen LogP contribution in [0.15, 0.2) is 6.33 Å². The number of hydrogen-bond donors (Lipinski definition) is 2. The minimum atomic E-state index is 0.416. The summed E-state index contributed by atoms with van der Waals surface area (Å²) in [4.78, 5) is 7.95. The Bertz CT molecular complexity index is 344. The Morgan fingerprint density at radius 3 is 2.76 bits per heavy atom. The van der Waals surface area contributed by atoms with Gasteiger partial charge >= 0.3 is 0 Å². The van der Waals surface area contributed by atoms with Gasteiger partial charge in [0.1, 0.15) is 6.33 Å². The predicted molar refractivity (Wildman–Crippen MR) is 66.0 cm³/mol. The molecule has 0 saturated carbocycles. The number of nitrogens with two attached hydrogens (primary N) is 1. The van der Waals surface area contributed by atoms with Crippen LogP contribution in [0.2, 0.25) is 0 Å². The molecule has 1 aromatic rings. The van der Waals surface area contributed by atoms with Gasteiger partial charge in [-0.05, 0) is 18.8 Å². The van der Waals surface area contributed by atoms with Crippen molar-refractivity contribution in [1.82, 2.24) is 9.97 Å². The standard InChI is InChI=1S/C11H20N4O2/c1-8(2)5-4-6-17-11-9(16-3)10(15-12)13-7-14-11/h7-8H,4-6,12H2,1-3H3,(H,13,14,15). The summed E-state index contributed by atoms with van der Waals surface area (Å²) >= 11 is 0. The van der Waals surface area contributed by atoms with E-state index in [1.807, 2.05) is 0 Å². The maximum Gasteiger partial charge on any atom is 0.262 e. The zero-order valence-electron chi connectivity index (χ0n) is 10.6. The van der Waals surface area contributed by atoms with Crippen molar-refractivity contribution in [2.45, 2.75) is 26.7 Å². The molecule has 6 heteroatoms. The molecule has 0 spiro atoms. The number of nitrogens with zero attached hydrogens (tertiary/aromatic N) is 2. The minimum Gasteiger partial charge on any atom is -0.489 e. The number of ether oxygens (including phenoxy) is 2. The number of anilines is 1. The fourth-order valence-corrected chi connectivity index (χ4v) is 1.41. The first-order chi connectivity index (χ1) is 8.19. The van der Waals surface area contributed by atoms with E-state index in [0.717, 1.165) is 12.8 Å². The van der Waals surface area contributed by atoms with Crippen molar-refractivity contribution in [3.05, 3.63) is 6.33 Å². The van der Waals surface area contributed by atoms with Gasteiger partial charge in [0, 0.05) is 0 Å². The average Bonchev–Trinajstić information content (AvgIpc) is 2.33. The third kappa shape index (κ3) is 4.07. The third-order valence-electron chi connectivity index (χ3n) is 2.28. The number of nitrogens with one attached hydrogen (secondary N) is 1. The fourth-order valence-electron chi connectivity index (χ4n) is 1.41. The first kappa shape index (κ1) is 13.5. The molecule has 96 valence electrons. The highest BCUT2D eigenvalue weighted by molar-refractivity contribution is 5.54. The van der Waals surface area contributed by atoms with E-state index in [4.69, 9.17) is 15.3 Å². The Morgan fingerprint density at radius 1 is 1.41 bits per heavy atom. The molecular formula is C11H20N4O2. The summed E-state index contributed by atoms with van der Waals surface area (Å²) in [6, 6.07) is 0. The van der Waals surface area contributed by atoms with Crippen LogP contribution in [0.25, 0.3) is 0 Å². The van der Waals surface area contributed by atoms with Gasteiger partial charge < -0.3 is 14.9 Å². The van der Waals surface area contributed by atoms with Crippen molar-refractivity contribution in [3.8, 4) is 11.6 Å². The van der Waals surface area contributed by atoms with Gasteiger partial charge in [-0.2, -0.15) is 4.98 Å². The van der Waals surface area contributed by atoms with Crippen LogP contribution in [-0.2, 0) is 0 Å². The molecule has 0 radical (unpaired) electrons. The molecule has 0 fully saturated rings. The molecule has 0 aliphatic carbocycles. The van der Waals surface area contributed by atoms with Crippen LogP contribution in [0, 0.1) is 5.92 Å². The Labute approximate surface area is 102 Å². The zero-order valence-corrected chi connectivity index (χ0v) is 10.6. The topological polar surface area (TPSA) is 82.3 Å². The summed E-state index contributed by atoms with van der Waals surface area (Å²) < 4.78 is 10.7. The van der Waals surface area contributed by atoms with Crippen LogP contribution < -0.4 is 20.7 Å². The monoisotopic (exact) mass is 240 g/mol. The second-order valence-corrected chi connectivity index (χ2v) is 4.09. The Kier molecular flexibility index (Phi) is 5.48. The quantitative estimate of drug-likeness (QED) is 0.428. The first-order valence-corrected chi connectivity index (χ1v) is 5.67. The van der Waals surface area contributed by atoms with Gasteiger partial charge in [0.15, 0.2) is 5.82 Å². The average molecular weight is 240 g/mol. The summed E-state index contributed by atoms with van der Waals surface area (Å²) in [7, 11) is 1.53. The summed E-state index contributed by atoms with van der Waals surface area (Å²) in [5, 5.41) is 0. The molecule has 3 N–H and O–H groups in total. The third-order valence-corrected chi connectivity index (χ3v) is 2.28. The molecule has 0 unspecified atom stereocenters. The zero-order chi connectivity index (χ0) is 12.7. The summed E-state index contributed by atoms with van der Waals surface area (Å²) in [6.45, 7) is 4.97. The molecule has 0 atom stereocenters. The largest absolute Gasteiger partial charge is 0.489 e. The number of rotatable bonds is 7. The van der Waals surface area contributed by atoms with Crippen molar-refractivity contribution in [3.63, 3.8) is 0 Å². The highest BCUT2D eigenvalue weighted by Crippen LogP contribution is 2.30. The maximum absolute atomic E-state index is 5.55. The van der Waals surface area contributed by atoms with E-state index >= 15 is 0 Å². The fraction of sp³-hybridized carbons (Fsp3) is 0.636. The van der Waals surface area contributed by atoms with Gasteiger partial charge in [0.2, 0.25) is 5.75 Å². The number of aromatic nitrogens is 2. The molecule has 6 nitrogen and oxygen atoms in total. The van der Waals surface area contributed by atoms with Crippen LogP contribution in [0.5, 0.6) is 11.6 Å². The maximum atomic E-state index is 5.55. The molecule has 1 rings (SSSR count). The van der Waals surface area contributed by atoms with Crippen molar-refractivity contribution in [2.24, 2.45) is 11.8 Å². The molecule has 0 aliphatic rings. The number of methoxy groups -OCH3 is 1. The SMILES string of the molecule is COc1c(NN)ncnc1OCCCC(C)C. The summed E-state index contributed by atoms with van der Waals surface area (Å²) in [5.74, 6) is 7.25. The van der Waals surface area contributed by atoms with Gasteiger partial charge in [-0.1, -0.05) is 13.8 Å². The van der Waals surface area contributed by atoms with Crippen molar-refractivity contribution in [2.75, 3.05) is 19.1 Å². The molecule has 0 bridgehead atoms. The van der Waals surface area contributed by atoms with Crippen molar-refractivity contribution < 1.29 is 9.47 Å². The Hall–Kier alpha value is -1.56. The van der Waals surface area contributed by atoms with Gasteiger partial charge in [0.25, 0.3) is 5.88 Å². The molecule has 17 heavy (non-hydrogen) atoms. The van der Waals surface area contributed by atoms with Crippen molar-refractivity contribution >= 4 is 5.82 Å². The molecular weight excluding hydrogens is 220 g/mol. The molecule has 0 aromatic carbocycles. The number of hydrogen-bond acceptors (Lipinski definition) is 6. The molecule has 0 amide bonds. The van der Waals surface area contributed by atoms with E-state index in [1.54, 1.807) is 0 Å². The van der Waals surface area contributed by atoms with E-state index in [9.17, 15) is 0 Å². The lowest BCUT2D eigenvalue weighted by molar-refractivity contribution is 0.268. The first-order valence-electron chi connectivity index (χ1n) is 5.67. The predicted octanol–water partition coefficient (Wildman–Crippen LogP) is 1.59. The molecule has 1 heterocycles. The second-order valence-electron chi connectivity index (χ2n) is 4.09. The highest BCUT2D eigenvalue weighted by atomic mass is 16.5. The van der Waals surface area contributed by atoms with E-state index in [-0.39, 0.29) is 0 Å². The Morgan fingerprint density at radius 2 is 2.18 bits per heavy atom. The van der Waals surface area contributed by atoms with E-state index in [2.05, 4.69) is 29.2 Å². The Balaban J connectivity index is 2.58. The van der Waals surface area contributed by atoms with Crippen molar-refractivity contribution in [1.29, 1.82) is 0 Å². The lowest BCUT2D eigenvalue weighted by Crippen LogP contribution is -2.12. The van der Waals surface area contributed by atoms with Crippen LogP contribution in [0.4, 0.5) is 5.82 Å². The molecule has 1 aromatic heterocycles. The van der Waals surface area contributed by atoms with Crippen LogP contribution in [0.3, 0.4) is 0 Å². The van der Waals surface area contributed by atoms with E-state index in [0.29, 0.717) is 30.0 Å². The van der Waals surface area contributed by atoms with Crippen LogP contribution in [-0.4, -0.2) is 23.7 Å². The smallest absolute Gasteiger partial charge is 0.262 e.